The molecule has 0 unspecified atom stereocenters. The molecule has 0 aliphatic heterocycles. The SMILES string of the molecule is Cc1cc(C)nc(SCc2nc3ccccc3c(=O)n2-c2ccccc2Cl)n1. The van der Waals surface area contributed by atoms with Gasteiger partial charge in [-0.05, 0) is 44.2 Å². The molecule has 0 saturated heterocycles. The van der Waals surface area contributed by atoms with E-state index in [4.69, 9.17) is 16.6 Å². The maximum atomic E-state index is 13.2. The second kappa shape index (κ2) is 7.73. The molecule has 2 aromatic carbocycles. The Bertz CT molecular complexity index is 1220. The minimum Gasteiger partial charge on any atom is -0.268 e. The number of fused-ring (bicyclic) bond motifs is 1. The number of aryl methyl sites for hydroxylation is 2. The fourth-order valence-corrected chi connectivity index (χ4v) is 4.13. The molecule has 0 spiro atoms. The van der Waals surface area contributed by atoms with Crippen LogP contribution >= 0.6 is 23.4 Å². The van der Waals surface area contributed by atoms with Gasteiger partial charge in [0.2, 0.25) is 0 Å². The van der Waals surface area contributed by atoms with Crippen LogP contribution in [-0.4, -0.2) is 19.5 Å². The average molecular weight is 409 g/mol. The Morgan fingerprint density at radius 2 is 1.64 bits per heavy atom. The maximum absolute atomic E-state index is 13.2. The lowest BCUT2D eigenvalue weighted by Crippen LogP contribution is -2.24. The molecular formula is C21H17ClN4OS. The first kappa shape index (κ1) is 18.7. The number of nitrogens with zero attached hydrogens (tertiary/aromatic N) is 4. The third-order valence-corrected chi connectivity index (χ3v) is 5.39. The van der Waals surface area contributed by atoms with Crippen LogP contribution in [0, 0.1) is 13.8 Å². The summed E-state index contributed by atoms with van der Waals surface area (Å²) in [7, 11) is 0. The lowest BCUT2D eigenvalue weighted by atomic mass is 10.2. The Hall–Kier alpha value is -2.70. The van der Waals surface area contributed by atoms with Crippen molar-refractivity contribution >= 4 is 34.3 Å². The van der Waals surface area contributed by atoms with Crippen molar-refractivity contribution < 1.29 is 0 Å². The number of benzene rings is 2. The predicted molar refractivity (Wildman–Crippen MR) is 113 cm³/mol. The van der Waals surface area contributed by atoms with Gasteiger partial charge >= 0.3 is 0 Å². The van der Waals surface area contributed by atoms with E-state index < -0.39 is 0 Å². The second-order valence-corrected chi connectivity index (χ2v) is 7.71. The number of halogens is 1. The van der Waals surface area contributed by atoms with Gasteiger partial charge in [-0.2, -0.15) is 0 Å². The molecule has 0 fully saturated rings. The van der Waals surface area contributed by atoms with Crippen LogP contribution in [0.3, 0.4) is 0 Å². The standard InChI is InChI=1S/C21H17ClN4OS/c1-13-11-14(2)24-21(23-13)28-12-19-25-17-9-5-3-7-15(17)20(27)26(19)18-10-6-4-8-16(18)22/h3-11H,12H2,1-2H3. The van der Waals surface area contributed by atoms with Gasteiger partial charge in [-0.25, -0.2) is 15.0 Å². The van der Waals surface area contributed by atoms with Crippen molar-refractivity contribution in [2.45, 2.75) is 24.8 Å². The van der Waals surface area contributed by atoms with Crippen LogP contribution in [0.1, 0.15) is 17.2 Å². The summed E-state index contributed by atoms with van der Waals surface area (Å²) in [5.74, 6) is 1.04. The first-order valence-corrected chi connectivity index (χ1v) is 10.1. The first-order chi connectivity index (χ1) is 13.5. The molecule has 2 heterocycles. The van der Waals surface area contributed by atoms with Crippen LogP contribution in [0.2, 0.25) is 5.02 Å². The summed E-state index contributed by atoms with van der Waals surface area (Å²) in [6, 6.07) is 16.5. The zero-order chi connectivity index (χ0) is 19.7. The lowest BCUT2D eigenvalue weighted by molar-refractivity contribution is 0.871. The van der Waals surface area contributed by atoms with Gasteiger partial charge in [0.1, 0.15) is 5.82 Å². The van der Waals surface area contributed by atoms with Crippen molar-refractivity contribution in [2.24, 2.45) is 0 Å². The highest BCUT2D eigenvalue weighted by Crippen LogP contribution is 2.25. The summed E-state index contributed by atoms with van der Waals surface area (Å²) in [5.41, 5.74) is 2.95. The molecule has 7 heteroatoms. The highest BCUT2D eigenvalue weighted by Gasteiger charge is 2.15. The van der Waals surface area contributed by atoms with Crippen LogP contribution in [0.4, 0.5) is 0 Å². The number of para-hydroxylation sites is 2. The van der Waals surface area contributed by atoms with E-state index in [9.17, 15) is 4.79 Å². The number of hydrogen-bond donors (Lipinski definition) is 0. The van der Waals surface area contributed by atoms with Crippen LogP contribution in [-0.2, 0) is 5.75 Å². The molecular weight excluding hydrogens is 392 g/mol. The molecule has 4 rings (SSSR count). The Labute approximate surface area is 171 Å². The molecule has 2 aromatic heterocycles. The molecule has 0 radical (unpaired) electrons. The molecule has 0 atom stereocenters. The smallest absolute Gasteiger partial charge is 0.266 e. The Balaban J connectivity index is 1.85. The molecule has 0 bridgehead atoms. The molecule has 5 nitrogen and oxygen atoms in total. The van der Waals surface area contributed by atoms with Crippen molar-refractivity contribution in [3.8, 4) is 5.69 Å². The van der Waals surface area contributed by atoms with Crippen LogP contribution in [0.25, 0.3) is 16.6 Å². The minimum absolute atomic E-state index is 0.143. The summed E-state index contributed by atoms with van der Waals surface area (Å²) in [4.78, 5) is 26.9. The zero-order valence-electron chi connectivity index (χ0n) is 15.4. The molecule has 0 aliphatic rings. The number of hydrogen-bond acceptors (Lipinski definition) is 5. The number of rotatable bonds is 4. The van der Waals surface area contributed by atoms with Crippen molar-refractivity contribution in [3.05, 3.63) is 87.2 Å². The van der Waals surface area contributed by atoms with Gasteiger partial charge < -0.3 is 0 Å². The molecule has 4 aromatic rings. The monoisotopic (exact) mass is 408 g/mol. The van der Waals surface area contributed by atoms with Crippen molar-refractivity contribution in [1.82, 2.24) is 19.5 Å². The number of aromatic nitrogens is 4. The fraction of sp³-hybridized carbons (Fsp3) is 0.143. The molecule has 0 aliphatic carbocycles. The summed E-state index contributed by atoms with van der Waals surface area (Å²) in [6.45, 7) is 3.87. The molecule has 0 amide bonds. The Kier molecular flexibility index (Phi) is 5.15. The van der Waals surface area contributed by atoms with Crippen LogP contribution in [0.5, 0.6) is 0 Å². The van der Waals surface area contributed by atoms with E-state index in [0.717, 1.165) is 11.4 Å². The normalized spacial score (nSPS) is 11.1. The first-order valence-electron chi connectivity index (χ1n) is 8.73. The van der Waals surface area contributed by atoms with Gasteiger partial charge in [-0.1, -0.05) is 47.6 Å². The van der Waals surface area contributed by atoms with Crippen molar-refractivity contribution in [1.29, 1.82) is 0 Å². The van der Waals surface area contributed by atoms with E-state index >= 15 is 0 Å². The molecule has 0 saturated carbocycles. The van der Waals surface area contributed by atoms with Crippen molar-refractivity contribution in [2.75, 3.05) is 0 Å². The number of thioether (sulfide) groups is 1. The van der Waals surface area contributed by atoms with Gasteiger partial charge in [0, 0.05) is 11.4 Å². The van der Waals surface area contributed by atoms with Gasteiger partial charge in [-0.15, -0.1) is 0 Å². The van der Waals surface area contributed by atoms with Gasteiger partial charge in [0.05, 0.1) is 27.4 Å². The summed E-state index contributed by atoms with van der Waals surface area (Å²) >= 11 is 7.84. The van der Waals surface area contributed by atoms with Crippen LogP contribution in [0.15, 0.2) is 64.5 Å². The zero-order valence-corrected chi connectivity index (χ0v) is 17.0. The van der Waals surface area contributed by atoms with Gasteiger partial charge in [0.25, 0.3) is 5.56 Å². The second-order valence-electron chi connectivity index (χ2n) is 6.36. The average Bonchev–Trinajstić information content (AvgIpc) is 2.67. The molecule has 140 valence electrons. The quantitative estimate of drug-likeness (QED) is 0.360. The molecule has 28 heavy (non-hydrogen) atoms. The van der Waals surface area contributed by atoms with E-state index in [1.165, 1.54) is 11.8 Å². The fourth-order valence-electron chi connectivity index (χ4n) is 3.04. The van der Waals surface area contributed by atoms with Crippen LogP contribution < -0.4 is 5.56 Å². The van der Waals surface area contributed by atoms with E-state index in [1.807, 2.05) is 56.3 Å². The summed E-state index contributed by atoms with van der Waals surface area (Å²) in [5, 5.41) is 1.71. The summed E-state index contributed by atoms with van der Waals surface area (Å²) < 4.78 is 1.58. The topological polar surface area (TPSA) is 60.7 Å². The van der Waals surface area contributed by atoms with E-state index in [0.29, 0.717) is 38.3 Å². The van der Waals surface area contributed by atoms with E-state index in [-0.39, 0.29) is 5.56 Å². The van der Waals surface area contributed by atoms with Gasteiger partial charge in [0.15, 0.2) is 5.16 Å². The summed E-state index contributed by atoms with van der Waals surface area (Å²) in [6.07, 6.45) is 0. The van der Waals surface area contributed by atoms with Crippen molar-refractivity contribution in [3.63, 3.8) is 0 Å². The highest BCUT2D eigenvalue weighted by molar-refractivity contribution is 7.98. The minimum atomic E-state index is -0.143. The molecule has 0 N–H and O–H groups in total. The predicted octanol–water partition coefficient (Wildman–Crippen LogP) is 4.74. The lowest BCUT2D eigenvalue weighted by Gasteiger charge is -2.14. The largest absolute Gasteiger partial charge is 0.268 e. The third-order valence-electron chi connectivity index (χ3n) is 4.23. The Morgan fingerprint density at radius 1 is 0.964 bits per heavy atom. The van der Waals surface area contributed by atoms with E-state index in [1.54, 1.807) is 16.7 Å². The maximum Gasteiger partial charge on any atom is 0.266 e. The third kappa shape index (κ3) is 3.66. The Morgan fingerprint density at radius 3 is 2.39 bits per heavy atom. The van der Waals surface area contributed by atoms with E-state index in [2.05, 4.69) is 9.97 Å². The highest BCUT2D eigenvalue weighted by atomic mass is 35.5. The van der Waals surface area contributed by atoms with Gasteiger partial charge in [-0.3, -0.25) is 9.36 Å².